The predicted octanol–water partition coefficient (Wildman–Crippen LogP) is 6.89. The number of hydrogen-bond donors (Lipinski definition) is 2. The van der Waals surface area contributed by atoms with Crippen molar-refractivity contribution in [3.8, 4) is 17.0 Å². The van der Waals surface area contributed by atoms with Crippen LogP contribution in [0.5, 0.6) is 0 Å². The SMILES string of the molecule is Cc1cc2nn(-c3ccc(C(C)C)cc3)nc2cc1NC(=S)NC(=O)c1ccc(-c2ccc(Cl)cc2)o1. The van der Waals surface area contributed by atoms with E-state index in [0.717, 1.165) is 28.0 Å². The fourth-order valence-corrected chi connectivity index (χ4v) is 4.19. The van der Waals surface area contributed by atoms with Gasteiger partial charge in [-0.2, -0.15) is 4.80 Å². The third kappa shape index (κ3) is 5.40. The van der Waals surface area contributed by atoms with Crippen molar-refractivity contribution in [3.63, 3.8) is 0 Å². The molecular formula is C28H24ClN5O2S. The summed E-state index contributed by atoms with van der Waals surface area (Å²) in [4.78, 5) is 14.3. The van der Waals surface area contributed by atoms with Crippen molar-refractivity contribution in [2.75, 3.05) is 5.32 Å². The molecule has 1 amide bonds. The van der Waals surface area contributed by atoms with Gasteiger partial charge in [0.05, 0.1) is 5.69 Å². The molecule has 0 saturated heterocycles. The van der Waals surface area contributed by atoms with E-state index in [1.54, 1.807) is 29.1 Å². The third-order valence-corrected chi connectivity index (χ3v) is 6.41. The topological polar surface area (TPSA) is 85.0 Å². The molecule has 2 heterocycles. The summed E-state index contributed by atoms with van der Waals surface area (Å²) in [6, 6.07) is 22.5. The van der Waals surface area contributed by atoms with Crippen molar-refractivity contribution >= 4 is 51.6 Å². The number of amides is 1. The van der Waals surface area contributed by atoms with E-state index >= 15 is 0 Å². The zero-order valence-electron chi connectivity index (χ0n) is 20.4. The molecule has 2 aromatic heterocycles. The van der Waals surface area contributed by atoms with E-state index in [9.17, 15) is 4.79 Å². The van der Waals surface area contributed by atoms with Crippen LogP contribution >= 0.6 is 23.8 Å². The normalized spacial score (nSPS) is 11.2. The summed E-state index contributed by atoms with van der Waals surface area (Å²) in [6.07, 6.45) is 0. The molecule has 0 aliphatic rings. The maximum Gasteiger partial charge on any atom is 0.293 e. The molecule has 0 saturated carbocycles. The van der Waals surface area contributed by atoms with Gasteiger partial charge in [0.15, 0.2) is 10.9 Å². The molecule has 3 aromatic carbocycles. The standard InChI is InChI=1S/C28H24ClN5O2S/c1-16(2)18-6-10-21(11-7-18)34-32-23-14-17(3)22(15-24(23)33-34)30-28(37)31-27(35)26-13-12-25(36-26)19-4-8-20(29)9-5-19/h4-16H,1-3H3,(H2,30,31,35,37). The highest BCUT2D eigenvalue weighted by Crippen LogP contribution is 2.25. The van der Waals surface area contributed by atoms with Crippen LogP contribution < -0.4 is 10.6 Å². The van der Waals surface area contributed by atoms with Gasteiger partial charge in [-0.05, 0) is 96.9 Å². The number of nitrogens with zero attached hydrogens (tertiary/aromatic N) is 3. The van der Waals surface area contributed by atoms with Crippen molar-refractivity contribution in [1.29, 1.82) is 0 Å². The molecule has 186 valence electrons. The Kier molecular flexibility index (Phi) is 6.78. The largest absolute Gasteiger partial charge is 0.451 e. The Morgan fingerprint density at radius 2 is 1.65 bits per heavy atom. The monoisotopic (exact) mass is 529 g/mol. The Balaban J connectivity index is 1.28. The van der Waals surface area contributed by atoms with E-state index in [1.165, 1.54) is 5.56 Å². The molecule has 2 N–H and O–H groups in total. The molecule has 0 bridgehead atoms. The first-order chi connectivity index (χ1) is 17.8. The number of carbonyl (C=O) groups excluding carboxylic acids is 1. The minimum absolute atomic E-state index is 0.146. The summed E-state index contributed by atoms with van der Waals surface area (Å²) in [5.41, 5.74) is 6.05. The maximum absolute atomic E-state index is 12.7. The van der Waals surface area contributed by atoms with Crippen molar-refractivity contribution in [1.82, 2.24) is 20.3 Å². The third-order valence-electron chi connectivity index (χ3n) is 5.95. The second-order valence-electron chi connectivity index (χ2n) is 8.97. The predicted molar refractivity (Wildman–Crippen MR) is 151 cm³/mol. The Labute approximate surface area is 224 Å². The lowest BCUT2D eigenvalue weighted by Crippen LogP contribution is -2.34. The van der Waals surface area contributed by atoms with E-state index < -0.39 is 5.91 Å². The second kappa shape index (κ2) is 10.2. The molecule has 0 atom stereocenters. The summed E-state index contributed by atoms with van der Waals surface area (Å²) in [6.45, 7) is 6.26. The van der Waals surface area contributed by atoms with Crippen LogP contribution in [0.15, 0.2) is 77.2 Å². The quantitative estimate of drug-likeness (QED) is 0.241. The lowest BCUT2D eigenvalue weighted by Gasteiger charge is -2.10. The molecule has 9 heteroatoms. The number of carbonyl (C=O) groups is 1. The molecule has 5 aromatic rings. The first-order valence-corrected chi connectivity index (χ1v) is 12.5. The number of aromatic nitrogens is 3. The molecule has 0 aliphatic heterocycles. The summed E-state index contributed by atoms with van der Waals surface area (Å²) in [5.74, 6) is 0.710. The molecule has 0 radical (unpaired) electrons. The second-order valence-corrected chi connectivity index (χ2v) is 9.82. The fraction of sp³-hybridized carbons (Fsp3) is 0.143. The number of benzene rings is 3. The number of thiocarbonyl (C=S) groups is 1. The molecule has 37 heavy (non-hydrogen) atoms. The van der Waals surface area contributed by atoms with Crippen LogP contribution in [0.3, 0.4) is 0 Å². The van der Waals surface area contributed by atoms with Crippen molar-refractivity contribution < 1.29 is 9.21 Å². The molecule has 0 fully saturated rings. The van der Waals surface area contributed by atoms with Crippen LogP contribution in [0.1, 0.15) is 41.4 Å². The summed E-state index contributed by atoms with van der Waals surface area (Å²) < 4.78 is 5.71. The molecule has 7 nitrogen and oxygen atoms in total. The van der Waals surface area contributed by atoms with Gasteiger partial charge in [-0.3, -0.25) is 10.1 Å². The number of aryl methyl sites for hydroxylation is 1. The first-order valence-electron chi connectivity index (χ1n) is 11.7. The van der Waals surface area contributed by atoms with Crippen LogP contribution in [0, 0.1) is 6.92 Å². The Hall–Kier alpha value is -4.01. The highest BCUT2D eigenvalue weighted by molar-refractivity contribution is 7.80. The Bertz CT molecular complexity index is 1600. The highest BCUT2D eigenvalue weighted by atomic mass is 35.5. The van der Waals surface area contributed by atoms with Gasteiger partial charge in [-0.1, -0.05) is 37.6 Å². The lowest BCUT2D eigenvalue weighted by molar-refractivity contribution is 0.0951. The molecule has 5 rings (SSSR count). The van der Waals surface area contributed by atoms with E-state index in [1.807, 2.05) is 43.3 Å². The van der Waals surface area contributed by atoms with Crippen LogP contribution in [0.25, 0.3) is 28.0 Å². The first kappa shape index (κ1) is 24.7. The van der Waals surface area contributed by atoms with Crippen LogP contribution in [-0.4, -0.2) is 26.0 Å². The number of halogens is 1. The average molecular weight is 530 g/mol. The van der Waals surface area contributed by atoms with E-state index in [4.69, 9.17) is 28.2 Å². The Morgan fingerprint density at radius 1 is 0.973 bits per heavy atom. The summed E-state index contributed by atoms with van der Waals surface area (Å²) >= 11 is 11.3. The van der Waals surface area contributed by atoms with Gasteiger partial charge in [0, 0.05) is 16.3 Å². The minimum atomic E-state index is -0.452. The number of furan rings is 1. The van der Waals surface area contributed by atoms with Crippen LogP contribution in [0.2, 0.25) is 5.02 Å². The molecular weight excluding hydrogens is 506 g/mol. The Morgan fingerprint density at radius 3 is 2.32 bits per heavy atom. The van der Waals surface area contributed by atoms with Gasteiger partial charge >= 0.3 is 0 Å². The lowest BCUT2D eigenvalue weighted by atomic mass is 10.0. The van der Waals surface area contributed by atoms with Gasteiger partial charge in [0.25, 0.3) is 5.91 Å². The van der Waals surface area contributed by atoms with Gasteiger partial charge in [-0.15, -0.1) is 10.2 Å². The maximum atomic E-state index is 12.7. The van der Waals surface area contributed by atoms with Crippen molar-refractivity contribution in [2.24, 2.45) is 0 Å². The summed E-state index contributed by atoms with van der Waals surface area (Å²) in [7, 11) is 0. The van der Waals surface area contributed by atoms with E-state index in [-0.39, 0.29) is 10.9 Å². The number of rotatable bonds is 5. The summed E-state index contributed by atoms with van der Waals surface area (Å²) in [5, 5.41) is 15.8. The van der Waals surface area contributed by atoms with Gasteiger partial charge in [0.1, 0.15) is 16.8 Å². The fourth-order valence-electron chi connectivity index (χ4n) is 3.86. The molecule has 0 aliphatic carbocycles. The van der Waals surface area contributed by atoms with Gasteiger partial charge in [-0.25, -0.2) is 0 Å². The number of anilines is 1. The number of nitrogens with one attached hydrogen (secondary N) is 2. The van der Waals surface area contributed by atoms with E-state index in [2.05, 4.69) is 46.8 Å². The smallest absolute Gasteiger partial charge is 0.293 e. The van der Waals surface area contributed by atoms with Crippen molar-refractivity contribution in [3.05, 3.63) is 94.7 Å². The minimum Gasteiger partial charge on any atom is -0.451 e. The number of fused-ring (bicyclic) bond motifs is 1. The van der Waals surface area contributed by atoms with Gasteiger partial charge in [0.2, 0.25) is 0 Å². The van der Waals surface area contributed by atoms with Crippen LogP contribution in [-0.2, 0) is 0 Å². The zero-order valence-corrected chi connectivity index (χ0v) is 22.0. The van der Waals surface area contributed by atoms with Crippen molar-refractivity contribution in [2.45, 2.75) is 26.7 Å². The molecule has 0 spiro atoms. The van der Waals surface area contributed by atoms with Crippen LogP contribution in [0.4, 0.5) is 5.69 Å². The van der Waals surface area contributed by atoms with Gasteiger partial charge < -0.3 is 9.73 Å². The molecule has 0 unspecified atom stereocenters. The van der Waals surface area contributed by atoms with E-state index in [0.29, 0.717) is 22.2 Å². The number of hydrogen-bond acceptors (Lipinski definition) is 5. The average Bonchev–Trinajstić information content (AvgIpc) is 3.52. The zero-order chi connectivity index (χ0) is 26.1. The highest BCUT2D eigenvalue weighted by Gasteiger charge is 2.15.